The van der Waals surface area contributed by atoms with Gasteiger partial charge < -0.3 is 4.74 Å². The van der Waals surface area contributed by atoms with Crippen LogP contribution >= 0.6 is 11.3 Å². The normalized spacial score (nSPS) is 12.2. The van der Waals surface area contributed by atoms with Crippen LogP contribution in [0.5, 0.6) is 5.75 Å². The summed E-state index contributed by atoms with van der Waals surface area (Å²) in [5.41, 5.74) is 1.85. The van der Waals surface area contributed by atoms with Crippen molar-refractivity contribution in [2.24, 2.45) is 0 Å². The van der Waals surface area contributed by atoms with Gasteiger partial charge in [0.05, 0.1) is 11.1 Å². The third kappa shape index (κ3) is 4.60. The van der Waals surface area contributed by atoms with Crippen LogP contribution < -0.4 is 14.8 Å². The molecule has 146 valence electrons. The van der Waals surface area contributed by atoms with Crippen molar-refractivity contribution in [1.82, 2.24) is 14.6 Å². The highest BCUT2D eigenvalue weighted by Gasteiger charge is 2.08. The molecule has 0 aliphatic rings. The first-order valence-corrected chi connectivity index (χ1v) is 10.4. The predicted molar refractivity (Wildman–Crippen MR) is 118 cm³/mol. The summed E-state index contributed by atoms with van der Waals surface area (Å²) in [7, 11) is 0. The van der Waals surface area contributed by atoms with E-state index in [1.165, 1.54) is 15.9 Å². The van der Waals surface area contributed by atoms with Crippen LogP contribution in [0.15, 0.2) is 59.4 Å². The highest BCUT2D eigenvalue weighted by Crippen LogP contribution is 2.13. The molecule has 4 rings (SSSR count). The number of hydrogen-bond donors (Lipinski definition) is 0. The molecule has 5 nitrogen and oxygen atoms in total. The molecule has 0 saturated carbocycles. The fraction of sp³-hybridized carbons (Fsp3) is 0.174. The number of rotatable bonds is 7. The Hall–Kier alpha value is -3.25. The van der Waals surface area contributed by atoms with Gasteiger partial charge in [-0.15, -0.1) is 5.10 Å². The number of nitrogens with zero attached hydrogens (tertiary/aromatic N) is 3. The minimum absolute atomic E-state index is 0.153. The summed E-state index contributed by atoms with van der Waals surface area (Å²) in [4.78, 5) is 17.7. The molecule has 0 radical (unpaired) electrons. The van der Waals surface area contributed by atoms with E-state index in [1.807, 2.05) is 72.8 Å². The quantitative estimate of drug-likeness (QED) is 0.437. The second kappa shape index (κ2) is 8.84. The summed E-state index contributed by atoms with van der Waals surface area (Å²) in [6.07, 6.45) is 7.75. The van der Waals surface area contributed by atoms with Crippen molar-refractivity contribution in [2.75, 3.05) is 6.61 Å². The van der Waals surface area contributed by atoms with Crippen LogP contribution in [0.1, 0.15) is 36.7 Å². The summed E-state index contributed by atoms with van der Waals surface area (Å²) in [6.45, 7) is 2.86. The zero-order valence-corrected chi connectivity index (χ0v) is 16.9. The molecule has 29 heavy (non-hydrogen) atoms. The SMILES string of the molecule is CCCCOc1ccc(C=c2sc3nc(C=Cc4ccccc4)nn3c2=O)cc1. The fourth-order valence-electron chi connectivity index (χ4n) is 2.80. The lowest BCUT2D eigenvalue weighted by atomic mass is 10.2. The first kappa shape index (κ1) is 19.1. The van der Waals surface area contributed by atoms with E-state index in [1.54, 1.807) is 0 Å². The first-order valence-electron chi connectivity index (χ1n) is 9.60. The lowest BCUT2D eigenvalue weighted by molar-refractivity contribution is 0.309. The number of fused-ring (bicyclic) bond motifs is 1. The number of aromatic nitrogens is 3. The molecule has 0 N–H and O–H groups in total. The highest BCUT2D eigenvalue weighted by molar-refractivity contribution is 7.15. The third-order valence-corrected chi connectivity index (χ3v) is 5.33. The minimum Gasteiger partial charge on any atom is -0.494 e. The third-order valence-electron chi connectivity index (χ3n) is 4.37. The molecule has 0 fully saturated rings. The Labute approximate surface area is 172 Å². The van der Waals surface area contributed by atoms with Crippen molar-refractivity contribution in [2.45, 2.75) is 19.8 Å². The monoisotopic (exact) mass is 403 g/mol. The molecule has 0 amide bonds. The van der Waals surface area contributed by atoms with Gasteiger partial charge in [0.25, 0.3) is 5.56 Å². The zero-order valence-electron chi connectivity index (χ0n) is 16.1. The van der Waals surface area contributed by atoms with E-state index >= 15 is 0 Å². The van der Waals surface area contributed by atoms with Crippen LogP contribution in [0.3, 0.4) is 0 Å². The van der Waals surface area contributed by atoms with Crippen molar-refractivity contribution in [3.8, 4) is 5.75 Å². The second-order valence-electron chi connectivity index (χ2n) is 6.60. The Balaban J connectivity index is 1.54. The van der Waals surface area contributed by atoms with Gasteiger partial charge in [-0.2, -0.15) is 9.50 Å². The zero-order chi connectivity index (χ0) is 20.1. The van der Waals surface area contributed by atoms with Crippen molar-refractivity contribution < 1.29 is 4.74 Å². The van der Waals surface area contributed by atoms with Crippen LogP contribution in [-0.2, 0) is 0 Å². The van der Waals surface area contributed by atoms with Gasteiger partial charge in [0.15, 0.2) is 5.82 Å². The van der Waals surface area contributed by atoms with E-state index in [-0.39, 0.29) is 5.56 Å². The maximum Gasteiger partial charge on any atom is 0.291 e. The van der Waals surface area contributed by atoms with Crippen molar-refractivity contribution in [1.29, 1.82) is 0 Å². The molecule has 6 heteroatoms. The number of unbranched alkanes of at least 4 members (excludes halogenated alkanes) is 1. The molecular weight excluding hydrogens is 382 g/mol. The second-order valence-corrected chi connectivity index (χ2v) is 7.60. The average Bonchev–Trinajstić information content (AvgIpc) is 3.28. The molecule has 0 atom stereocenters. The maximum absolute atomic E-state index is 12.7. The molecule has 0 spiro atoms. The van der Waals surface area contributed by atoms with Gasteiger partial charge in [0.2, 0.25) is 4.96 Å². The first-order chi connectivity index (χ1) is 14.2. The summed E-state index contributed by atoms with van der Waals surface area (Å²) in [6, 6.07) is 17.7. The highest BCUT2D eigenvalue weighted by atomic mass is 32.1. The smallest absolute Gasteiger partial charge is 0.291 e. The molecule has 4 aromatic rings. The van der Waals surface area contributed by atoms with E-state index in [2.05, 4.69) is 17.0 Å². The number of ether oxygens (including phenoxy) is 1. The van der Waals surface area contributed by atoms with Gasteiger partial charge in [0.1, 0.15) is 5.75 Å². The Morgan fingerprint density at radius 3 is 2.55 bits per heavy atom. The van der Waals surface area contributed by atoms with Gasteiger partial charge in [-0.25, -0.2) is 0 Å². The molecule has 0 unspecified atom stereocenters. The van der Waals surface area contributed by atoms with Crippen molar-refractivity contribution in [3.63, 3.8) is 0 Å². The summed E-state index contributed by atoms with van der Waals surface area (Å²) < 4.78 is 7.65. The van der Waals surface area contributed by atoms with E-state index in [9.17, 15) is 4.79 Å². The fourth-order valence-corrected chi connectivity index (χ4v) is 3.72. The van der Waals surface area contributed by atoms with Crippen LogP contribution in [0.4, 0.5) is 0 Å². The number of benzene rings is 2. The van der Waals surface area contributed by atoms with Crippen molar-refractivity contribution >= 4 is 34.5 Å². The van der Waals surface area contributed by atoms with E-state index in [0.717, 1.165) is 36.3 Å². The summed E-state index contributed by atoms with van der Waals surface area (Å²) >= 11 is 1.34. The summed E-state index contributed by atoms with van der Waals surface area (Å²) in [5.74, 6) is 1.37. The average molecular weight is 404 g/mol. The van der Waals surface area contributed by atoms with Gasteiger partial charge in [-0.3, -0.25) is 4.79 Å². The predicted octanol–water partition coefficient (Wildman–Crippen LogP) is 4.05. The van der Waals surface area contributed by atoms with Crippen LogP contribution in [-0.4, -0.2) is 21.2 Å². The topological polar surface area (TPSA) is 56.5 Å². The molecule has 0 aliphatic carbocycles. The minimum atomic E-state index is -0.153. The lowest BCUT2D eigenvalue weighted by Crippen LogP contribution is -2.23. The molecule has 0 saturated heterocycles. The maximum atomic E-state index is 12.7. The van der Waals surface area contributed by atoms with E-state index in [4.69, 9.17) is 4.74 Å². The van der Waals surface area contributed by atoms with Gasteiger partial charge in [-0.05, 0) is 41.8 Å². The largest absolute Gasteiger partial charge is 0.494 e. The summed E-state index contributed by atoms with van der Waals surface area (Å²) in [5, 5.41) is 4.32. The Bertz CT molecular complexity index is 1230. The molecule has 0 aliphatic heterocycles. The van der Waals surface area contributed by atoms with Crippen molar-refractivity contribution in [3.05, 3.63) is 86.4 Å². The van der Waals surface area contributed by atoms with E-state index < -0.39 is 0 Å². The molecule has 2 aromatic carbocycles. The Kier molecular flexibility index (Phi) is 5.81. The number of thiazole rings is 1. The standard InChI is InChI=1S/C23H21N3O2S/c1-2-3-15-28-19-12-9-18(10-13-19)16-20-22(27)26-23(29-20)24-21(25-26)14-11-17-7-5-4-6-8-17/h4-14,16H,2-3,15H2,1H3. The van der Waals surface area contributed by atoms with Crippen LogP contribution in [0, 0.1) is 0 Å². The van der Waals surface area contributed by atoms with Crippen LogP contribution in [0.2, 0.25) is 0 Å². The lowest BCUT2D eigenvalue weighted by Gasteiger charge is -2.04. The molecule has 2 aromatic heterocycles. The molecular formula is C23H21N3O2S. The van der Waals surface area contributed by atoms with Gasteiger partial charge >= 0.3 is 0 Å². The van der Waals surface area contributed by atoms with Gasteiger partial charge in [0, 0.05) is 0 Å². The van der Waals surface area contributed by atoms with E-state index in [0.29, 0.717) is 15.3 Å². The van der Waals surface area contributed by atoms with Gasteiger partial charge in [-0.1, -0.05) is 73.2 Å². The Morgan fingerprint density at radius 2 is 1.83 bits per heavy atom. The number of hydrogen-bond acceptors (Lipinski definition) is 5. The Morgan fingerprint density at radius 1 is 1.03 bits per heavy atom. The van der Waals surface area contributed by atoms with Crippen LogP contribution in [0.25, 0.3) is 23.2 Å². The molecule has 2 heterocycles. The molecule has 0 bridgehead atoms.